The number of aromatic nitrogens is 4. The minimum Gasteiger partial charge on any atom is -0.286 e. The number of hydrogen-bond acceptors (Lipinski definition) is 6. The molecule has 0 amide bonds. The summed E-state index contributed by atoms with van der Waals surface area (Å²) in [5, 5.41) is 14.4. The smallest absolute Gasteiger partial charge is 0.286 e. The van der Waals surface area contributed by atoms with E-state index < -0.39 is 10.0 Å². The van der Waals surface area contributed by atoms with Gasteiger partial charge in [0, 0.05) is 5.54 Å². The van der Waals surface area contributed by atoms with Crippen molar-refractivity contribution in [2.45, 2.75) is 37.1 Å². The Kier molecular flexibility index (Phi) is 3.06. The molecular formula is C14H15N5O3S2. The van der Waals surface area contributed by atoms with Crippen LogP contribution in [0.4, 0.5) is 0 Å². The zero-order valence-electron chi connectivity index (χ0n) is 13.1. The van der Waals surface area contributed by atoms with Gasteiger partial charge in [-0.3, -0.25) is 4.57 Å². The minimum atomic E-state index is -3.87. The fourth-order valence-corrected chi connectivity index (χ4v) is 4.07. The van der Waals surface area contributed by atoms with E-state index in [-0.39, 0.29) is 16.1 Å². The number of benzene rings is 1. The molecule has 3 aromatic rings. The highest BCUT2D eigenvalue weighted by Gasteiger charge is 2.42. The first kappa shape index (κ1) is 15.5. The molecule has 1 saturated carbocycles. The highest BCUT2D eigenvalue weighted by Crippen LogP contribution is 2.44. The van der Waals surface area contributed by atoms with E-state index >= 15 is 0 Å². The van der Waals surface area contributed by atoms with Crippen molar-refractivity contribution in [3.8, 4) is 5.13 Å². The predicted molar refractivity (Wildman–Crippen MR) is 90.0 cm³/mol. The fraction of sp³-hybridized carbons (Fsp3) is 0.357. The standard InChI is InChI=1S/C14H15N5O3S2/c1-8-16-17-12(23-8)18-11-7-9(24(15,21)22)3-4-10(11)19(13(18)20)14(2)5-6-14/h3-4,7H,5-6H2,1-2H3,(H2,15,21,22). The number of nitrogens with two attached hydrogens (primary N) is 1. The number of primary sulfonamides is 1. The van der Waals surface area contributed by atoms with Gasteiger partial charge in [-0.1, -0.05) is 11.3 Å². The first-order chi connectivity index (χ1) is 11.2. The van der Waals surface area contributed by atoms with Crippen molar-refractivity contribution < 1.29 is 8.42 Å². The molecule has 1 fully saturated rings. The first-order valence-electron chi connectivity index (χ1n) is 7.32. The second kappa shape index (κ2) is 4.74. The third-order valence-electron chi connectivity index (χ3n) is 4.36. The van der Waals surface area contributed by atoms with Crippen molar-refractivity contribution in [1.82, 2.24) is 19.3 Å². The van der Waals surface area contributed by atoms with Gasteiger partial charge in [0.05, 0.1) is 15.9 Å². The molecule has 1 aliphatic rings. The van der Waals surface area contributed by atoms with Crippen molar-refractivity contribution in [3.63, 3.8) is 0 Å². The van der Waals surface area contributed by atoms with E-state index in [4.69, 9.17) is 5.14 Å². The Morgan fingerprint density at radius 2 is 1.96 bits per heavy atom. The molecule has 8 nitrogen and oxygen atoms in total. The Labute approximate surface area is 141 Å². The van der Waals surface area contributed by atoms with Gasteiger partial charge >= 0.3 is 5.69 Å². The van der Waals surface area contributed by atoms with Crippen LogP contribution in [0.25, 0.3) is 16.2 Å². The van der Waals surface area contributed by atoms with Crippen molar-refractivity contribution in [3.05, 3.63) is 33.7 Å². The normalized spacial score (nSPS) is 16.6. The van der Waals surface area contributed by atoms with E-state index in [1.807, 2.05) is 6.92 Å². The molecule has 126 valence electrons. The largest absolute Gasteiger partial charge is 0.336 e. The average molecular weight is 365 g/mol. The average Bonchev–Trinajstić information content (AvgIpc) is 2.96. The fourth-order valence-electron chi connectivity index (χ4n) is 2.84. The van der Waals surface area contributed by atoms with Gasteiger partial charge in [-0.2, -0.15) is 0 Å². The van der Waals surface area contributed by atoms with Crippen molar-refractivity contribution in [2.24, 2.45) is 5.14 Å². The topological polar surface area (TPSA) is 113 Å². The maximum Gasteiger partial charge on any atom is 0.336 e. The molecule has 0 spiro atoms. The van der Waals surface area contributed by atoms with Crippen LogP contribution in [-0.4, -0.2) is 27.7 Å². The van der Waals surface area contributed by atoms with Gasteiger partial charge in [0.25, 0.3) is 0 Å². The zero-order valence-corrected chi connectivity index (χ0v) is 14.7. The van der Waals surface area contributed by atoms with Gasteiger partial charge in [0.2, 0.25) is 15.2 Å². The SMILES string of the molecule is Cc1nnc(-n2c(=O)n(C3(C)CC3)c3ccc(S(N)(=O)=O)cc32)s1. The molecule has 24 heavy (non-hydrogen) atoms. The quantitative estimate of drug-likeness (QED) is 0.747. The predicted octanol–water partition coefficient (Wildman–Crippen LogP) is 1.11. The van der Waals surface area contributed by atoms with Crippen LogP contribution in [0.2, 0.25) is 0 Å². The molecule has 0 bridgehead atoms. The Hall–Kier alpha value is -2.04. The van der Waals surface area contributed by atoms with Gasteiger partial charge in [-0.15, -0.1) is 10.2 Å². The van der Waals surface area contributed by atoms with Crippen LogP contribution < -0.4 is 10.8 Å². The van der Waals surface area contributed by atoms with E-state index in [1.165, 1.54) is 28.0 Å². The van der Waals surface area contributed by atoms with Gasteiger partial charge in [0.15, 0.2) is 0 Å². The summed E-state index contributed by atoms with van der Waals surface area (Å²) in [7, 11) is -3.87. The highest BCUT2D eigenvalue weighted by molar-refractivity contribution is 7.89. The summed E-state index contributed by atoms with van der Waals surface area (Å²) in [6.07, 6.45) is 1.80. The van der Waals surface area contributed by atoms with Crippen LogP contribution in [0.5, 0.6) is 0 Å². The van der Waals surface area contributed by atoms with E-state index in [0.717, 1.165) is 17.8 Å². The molecule has 2 aromatic heterocycles. The summed E-state index contributed by atoms with van der Waals surface area (Å²) >= 11 is 1.27. The minimum absolute atomic E-state index is 0.0388. The number of sulfonamides is 1. The van der Waals surface area contributed by atoms with Crippen molar-refractivity contribution in [1.29, 1.82) is 0 Å². The van der Waals surface area contributed by atoms with E-state index in [0.29, 0.717) is 16.2 Å². The monoisotopic (exact) mass is 365 g/mol. The van der Waals surface area contributed by atoms with E-state index in [9.17, 15) is 13.2 Å². The van der Waals surface area contributed by atoms with Crippen molar-refractivity contribution in [2.75, 3.05) is 0 Å². The number of aryl methyl sites for hydroxylation is 1. The number of fused-ring (bicyclic) bond motifs is 1. The maximum absolute atomic E-state index is 13.0. The van der Waals surface area contributed by atoms with Gasteiger partial charge in [-0.05, 0) is 44.9 Å². The third-order valence-corrected chi connectivity index (χ3v) is 6.09. The molecule has 10 heteroatoms. The molecule has 0 unspecified atom stereocenters. The van der Waals surface area contributed by atoms with Crippen LogP contribution in [-0.2, 0) is 15.6 Å². The van der Waals surface area contributed by atoms with E-state index in [2.05, 4.69) is 10.2 Å². The summed E-state index contributed by atoms with van der Waals surface area (Å²) in [5.74, 6) is 0. The molecule has 0 saturated heterocycles. The lowest BCUT2D eigenvalue weighted by Gasteiger charge is -2.10. The second-order valence-electron chi connectivity index (χ2n) is 6.25. The van der Waals surface area contributed by atoms with Gasteiger partial charge < -0.3 is 0 Å². The molecule has 0 atom stereocenters. The Bertz CT molecular complexity index is 1140. The number of hydrogen-bond donors (Lipinski definition) is 1. The molecule has 2 N–H and O–H groups in total. The molecule has 1 aromatic carbocycles. The van der Waals surface area contributed by atoms with Crippen LogP contribution in [0, 0.1) is 6.92 Å². The molecule has 2 heterocycles. The first-order valence-corrected chi connectivity index (χ1v) is 9.68. The van der Waals surface area contributed by atoms with E-state index in [1.54, 1.807) is 17.6 Å². The van der Waals surface area contributed by atoms with Crippen LogP contribution in [0.1, 0.15) is 24.8 Å². The molecule has 0 radical (unpaired) electrons. The molecule has 4 rings (SSSR count). The molecular weight excluding hydrogens is 350 g/mol. The number of nitrogens with zero attached hydrogens (tertiary/aromatic N) is 4. The Balaban J connectivity index is 2.13. The second-order valence-corrected chi connectivity index (χ2v) is 8.97. The molecule has 0 aliphatic heterocycles. The zero-order chi connectivity index (χ0) is 17.3. The van der Waals surface area contributed by atoms with Crippen molar-refractivity contribution >= 4 is 32.4 Å². The summed E-state index contributed by atoms with van der Waals surface area (Å²) < 4.78 is 26.5. The lowest BCUT2D eigenvalue weighted by atomic mass is 10.2. The summed E-state index contributed by atoms with van der Waals surface area (Å²) in [4.78, 5) is 13.0. The van der Waals surface area contributed by atoms with Crippen LogP contribution in [0.15, 0.2) is 27.9 Å². The Morgan fingerprint density at radius 1 is 1.25 bits per heavy atom. The summed E-state index contributed by atoms with van der Waals surface area (Å²) in [6.45, 7) is 3.81. The Morgan fingerprint density at radius 3 is 2.50 bits per heavy atom. The number of rotatable bonds is 3. The van der Waals surface area contributed by atoms with Crippen LogP contribution >= 0.6 is 11.3 Å². The molecule has 1 aliphatic carbocycles. The number of imidazole rings is 1. The van der Waals surface area contributed by atoms with Gasteiger partial charge in [-0.25, -0.2) is 22.9 Å². The summed E-state index contributed by atoms with van der Waals surface area (Å²) in [5.41, 5.74) is 0.646. The lowest BCUT2D eigenvalue weighted by Crippen LogP contribution is -2.29. The summed E-state index contributed by atoms with van der Waals surface area (Å²) in [6, 6.07) is 4.48. The lowest BCUT2D eigenvalue weighted by molar-refractivity contribution is 0.525. The van der Waals surface area contributed by atoms with Crippen LogP contribution in [0.3, 0.4) is 0 Å². The third kappa shape index (κ3) is 2.21. The maximum atomic E-state index is 13.0. The highest BCUT2D eigenvalue weighted by atomic mass is 32.2. The van der Waals surface area contributed by atoms with Gasteiger partial charge in [0.1, 0.15) is 5.01 Å².